The first kappa shape index (κ1) is 20.1. The number of H-pyrrole nitrogens is 1. The summed E-state index contributed by atoms with van der Waals surface area (Å²) in [6.07, 6.45) is 0.890. The Morgan fingerprint density at radius 1 is 0.909 bits per heavy atom. The third kappa shape index (κ3) is 2.70. The van der Waals surface area contributed by atoms with E-state index in [-0.39, 0.29) is 57.4 Å². The molecule has 2 aliphatic heterocycles. The van der Waals surface area contributed by atoms with Gasteiger partial charge in [-0.1, -0.05) is 53.3 Å². The van der Waals surface area contributed by atoms with Crippen LogP contribution in [0.1, 0.15) is 22.8 Å². The van der Waals surface area contributed by atoms with Crippen LogP contribution in [-0.4, -0.2) is 22.0 Å². The molecule has 4 aliphatic rings. The van der Waals surface area contributed by atoms with E-state index in [0.717, 1.165) is 21.9 Å². The van der Waals surface area contributed by atoms with Crippen molar-refractivity contribution in [1.82, 2.24) is 4.98 Å². The fourth-order valence-electron chi connectivity index (χ4n) is 6.89. The highest BCUT2D eigenvalue weighted by molar-refractivity contribution is 8.00. The first-order valence-electron chi connectivity index (χ1n) is 11.1. The highest BCUT2D eigenvalue weighted by Gasteiger charge is 2.69. The predicted molar refractivity (Wildman–Crippen MR) is 129 cm³/mol. The number of nitrogens with one attached hydrogen (secondary N) is 1. The zero-order valence-corrected chi connectivity index (χ0v) is 19.7. The first-order chi connectivity index (χ1) is 16.0. The molecule has 1 N–H and O–H groups in total. The molecule has 7 rings (SSSR count). The molecule has 2 aliphatic carbocycles. The van der Waals surface area contributed by atoms with E-state index >= 15 is 0 Å². The molecule has 2 amide bonds. The number of anilines is 1. The van der Waals surface area contributed by atoms with Gasteiger partial charge in [-0.3, -0.25) is 19.3 Å². The standard InChI is InChI=1S/C25H19ClN2O3S2/c26-12-8-6-11(7-9-12)16-17-14-10-15(20(17)32-22-21(16)33-25(31)27-22)19-18(14)23(29)28(24(19)30)13-4-2-1-3-5-13/h1-9,14-20H,10H2,(H,27,31)/t14?,15?,16-,17?,18?,19?,20?/m1/s1. The topological polar surface area (TPSA) is 70.2 Å². The normalized spacial score (nSPS) is 33.8. The number of fused-ring (bicyclic) bond motifs is 9. The Morgan fingerprint density at radius 2 is 1.61 bits per heavy atom. The van der Waals surface area contributed by atoms with E-state index in [2.05, 4.69) is 4.98 Å². The molecule has 2 saturated carbocycles. The minimum Gasteiger partial charge on any atom is -0.307 e. The molecule has 5 nitrogen and oxygen atoms in total. The molecule has 166 valence electrons. The van der Waals surface area contributed by atoms with E-state index in [4.69, 9.17) is 11.6 Å². The van der Waals surface area contributed by atoms with Crippen molar-refractivity contribution >= 4 is 52.2 Å². The Morgan fingerprint density at radius 3 is 2.33 bits per heavy atom. The van der Waals surface area contributed by atoms with Crippen molar-refractivity contribution in [3.63, 3.8) is 0 Å². The van der Waals surface area contributed by atoms with Gasteiger partial charge in [0.05, 0.1) is 22.5 Å². The van der Waals surface area contributed by atoms with Crippen LogP contribution in [0, 0.1) is 29.6 Å². The average molecular weight is 495 g/mol. The van der Waals surface area contributed by atoms with Crippen molar-refractivity contribution in [1.29, 1.82) is 0 Å². The number of benzene rings is 2. The SMILES string of the molecule is O=C1C2C3CC(C2C(=O)N1c1ccccc1)C1C3Sc2[nH]c(=O)sc2[C@@H]1c1ccc(Cl)cc1. The fourth-order valence-corrected chi connectivity index (χ4v) is 9.91. The third-order valence-electron chi connectivity index (χ3n) is 7.97. The van der Waals surface area contributed by atoms with Gasteiger partial charge < -0.3 is 4.98 Å². The van der Waals surface area contributed by atoms with Crippen LogP contribution in [-0.2, 0) is 9.59 Å². The second-order valence-corrected chi connectivity index (χ2v) is 12.0. The van der Waals surface area contributed by atoms with Gasteiger partial charge in [0.2, 0.25) is 11.8 Å². The number of carbonyl (C=O) groups is 2. The van der Waals surface area contributed by atoms with Crippen molar-refractivity contribution in [2.75, 3.05) is 4.90 Å². The molecule has 33 heavy (non-hydrogen) atoms. The molecule has 7 atom stereocenters. The number of thioether (sulfide) groups is 1. The smallest absolute Gasteiger partial charge is 0.305 e. The summed E-state index contributed by atoms with van der Waals surface area (Å²) < 4.78 is 0. The zero-order valence-electron chi connectivity index (χ0n) is 17.3. The van der Waals surface area contributed by atoms with Crippen LogP contribution in [0.3, 0.4) is 0 Å². The molecule has 0 spiro atoms. The molecule has 3 heterocycles. The summed E-state index contributed by atoms with van der Waals surface area (Å²) in [5, 5.41) is 1.79. The van der Waals surface area contributed by atoms with Gasteiger partial charge in [0.25, 0.3) is 0 Å². The Kier molecular flexibility index (Phi) is 4.30. The fraction of sp³-hybridized carbons (Fsp3) is 0.320. The second kappa shape index (κ2) is 7.08. The van der Waals surface area contributed by atoms with E-state index in [9.17, 15) is 14.4 Å². The van der Waals surface area contributed by atoms with Gasteiger partial charge in [-0.15, -0.1) is 11.8 Å². The van der Waals surface area contributed by atoms with Crippen LogP contribution >= 0.6 is 34.7 Å². The van der Waals surface area contributed by atoms with E-state index in [1.807, 2.05) is 54.6 Å². The number of nitrogens with zero attached hydrogens (tertiary/aromatic N) is 1. The molecular weight excluding hydrogens is 476 g/mol. The zero-order chi connectivity index (χ0) is 22.4. The van der Waals surface area contributed by atoms with Crippen molar-refractivity contribution in [2.45, 2.75) is 22.6 Å². The summed E-state index contributed by atoms with van der Waals surface area (Å²) in [5.74, 6) is -0.192. The molecule has 1 aromatic heterocycles. The number of para-hydroxylation sites is 1. The number of amides is 2. The van der Waals surface area contributed by atoms with Crippen LogP contribution in [0.15, 0.2) is 64.4 Å². The molecule has 0 radical (unpaired) electrons. The lowest BCUT2D eigenvalue weighted by molar-refractivity contribution is -0.123. The van der Waals surface area contributed by atoms with Crippen molar-refractivity contribution in [2.24, 2.45) is 29.6 Å². The summed E-state index contributed by atoms with van der Waals surface area (Å²) in [7, 11) is 0. The number of rotatable bonds is 2. The number of hydrogen-bond acceptors (Lipinski definition) is 5. The van der Waals surface area contributed by atoms with Crippen molar-refractivity contribution in [3.8, 4) is 0 Å². The quantitative estimate of drug-likeness (QED) is 0.521. The first-order valence-corrected chi connectivity index (χ1v) is 13.2. The van der Waals surface area contributed by atoms with Gasteiger partial charge >= 0.3 is 4.87 Å². The van der Waals surface area contributed by atoms with E-state index in [1.165, 1.54) is 16.2 Å². The summed E-state index contributed by atoms with van der Waals surface area (Å²) in [5.41, 5.74) is 1.78. The number of thiazole rings is 1. The number of halogens is 1. The highest BCUT2D eigenvalue weighted by Crippen LogP contribution is 2.68. The second-order valence-electron chi connectivity index (χ2n) is 9.36. The van der Waals surface area contributed by atoms with Crippen LogP contribution in [0.5, 0.6) is 0 Å². The monoisotopic (exact) mass is 494 g/mol. The average Bonchev–Trinajstić information content (AvgIpc) is 3.54. The third-order valence-corrected chi connectivity index (χ3v) is 10.8. The minimum atomic E-state index is -0.281. The molecule has 2 bridgehead atoms. The van der Waals surface area contributed by atoms with E-state index in [1.54, 1.807) is 11.8 Å². The summed E-state index contributed by atoms with van der Waals surface area (Å²) in [4.78, 5) is 44.9. The highest BCUT2D eigenvalue weighted by atomic mass is 35.5. The molecule has 8 heteroatoms. The maximum Gasteiger partial charge on any atom is 0.305 e. The van der Waals surface area contributed by atoms with E-state index in [0.29, 0.717) is 10.7 Å². The molecule has 2 aromatic carbocycles. The number of imide groups is 1. The Labute approximate surface area is 203 Å². The maximum atomic E-state index is 13.6. The minimum absolute atomic E-state index is 0.0251. The summed E-state index contributed by atoms with van der Waals surface area (Å²) >= 11 is 9.15. The van der Waals surface area contributed by atoms with Gasteiger partial charge in [0.15, 0.2) is 0 Å². The number of aromatic amines is 1. The van der Waals surface area contributed by atoms with Gasteiger partial charge in [0, 0.05) is 21.1 Å². The Balaban J connectivity index is 1.34. The Hall–Kier alpha value is -2.35. The summed E-state index contributed by atoms with van der Waals surface area (Å²) in [6.45, 7) is 0. The molecule has 1 saturated heterocycles. The van der Waals surface area contributed by atoms with Crippen molar-refractivity contribution in [3.05, 3.63) is 79.7 Å². The van der Waals surface area contributed by atoms with Crippen LogP contribution in [0.25, 0.3) is 0 Å². The van der Waals surface area contributed by atoms with Crippen LogP contribution < -0.4 is 9.77 Å². The van der Waals surface area contributed by atoms with Crippen LogP contribution in [0.4, 0.5) is 5.69 Å². The molecule has 3 fully saturated rings. The maximum absolute atomic E-state index is 13.6. The lowest BCUT2D eigenvalue weighted by Gasteiger charge is -2.43. The van der Waals surface area contributed by atoms with Gasteiger partial charge in [-0.25, -0.2) is 0 Å². The number of aromatic nitrogens is 1. The predicted octanol–water partition coefficient (Wildman–Crippen LogP) is 4.77. The van der Waals surface area contributed by atoms with Crippen molar-refractivity contribution < 1.29 is 9.59 Å². The van der Waals surface area contributed by atoms with Gasteiger partial charge in [0.1, 0.15) is 0 Å². The largest absolute Gasteiger partial charge is 0.307 e. The number of carbonyl (C=O) groups excluding carboxylic acids is 2. The molecule has 6 unspecified atom stereocenters. The lowest BCUT2D eigenvalue weighted by Crippen LogP contribution is -2.42. The van der Waals surface area contributed by atoms with Crippen LogP contribution in [0.2, 0.25) is 5.02 Å². The Bertz CT molecular complexity index is 1350. The molecular formula is C25H19ClN2O3S2. The number of hydrogen-bond donors (Lipinski definition) is 1. The molecule has 3 aromatic rings. The van der Waals surface area contributed by atoms with Gasteiger partial charge in [-0.2, -0.15) is 0 Å². The lowest BCUT2D eigenvalue weighted by atomic mass is 9.68. The van der Waals surface area contributed by atoms with Gasteiger partial charge in [-0.05, 0) is 54.0 Å². The van der Waals surface area contributed by atoms with E-state index < -0.39 is 0 Å². The summed E-state index contributed by atoms with van der Waals surface area (Å²) in [6, 6.07) is 17.1.